The molecule has 0 bridgehead atoms. The zero-order chi connectivity index (χ0) is 12.1. The molecule has 1 aliphatic rings. The first kappa shape index (κ1) is 12.5. The van der Waals surface area contributed by atoms with Crippen molar-refractivity contribution in [1.29, 1.82) is 0 Å². The normalized spacial score (nSPS) is 18.5. The SMILES string of the molecule is NCC(CNC1CCCC1)c1cccc(F)c1. The smallest absolute Gasteiger partial charge is 0.123 e. The predicted molar refractivity (Wildman–Crippen MR) is 68.5 cm³/mol. The summed E-state index contributed by atoms with van der Waals surface area (Å²) in [6, 6.07) is 7.41. The van der Waals surface area contributed by atoms with Crippen LogP contribution in [0.2, 0.25) is 0 Å². The number of nitrogens with one attached hydrogen (secondary N) is 1. The minimum Gasteiger partial charge on any atom is -0.330 e. The van der Waals surface area contributed by atoms with E-state index in [0.29, 0.717) is 12.6 Å². The van der Waals surface area contributed by atoms with Gasteiger partial charge in [0, 0.05) is 25.0 Å². The van der Waals surface area contributed by atoms with Crippen LogP contribution in [-0.2, 0) is 0 Å². The van der Waals surface area contributed by atoms with Gasteiger partial charge in [-0.2, -0.15) is 0 Å². The van der Waals surface area contributed by atoms with Gasteiger partial charge in [-0.1, -0.05) is 25.0 Å². The van der Waals surface area contributed by atoms with Gasteiger partial charge < -0.3 is 11.1 Å². The van der Waals surface area contributed by atoms with Gasteiger partial charge in [0.05, 0.1) is 0 Å². The summed E-state index contributed by atoms with van der Waals surface area (Å²) in [5.41, 5.74) is 6.78. The summed E-state index contributed by atoms with van der Waals surface area (Å²) >= 11 is 0. The molecule has 2 rings (SSSR count). The van der Waals surface area contributed by atoms with Gasteiger partial charge in [0.2, 0.25) is 0 Å². The van der Waals surface area contributed by atoms with E-state index in [-0.39, 0.29) is 11.7 Å². The van der Waals surface area contributed by atoms with Crippen molar-refractivity contribution in [3.8, 4) is 0 Å². The van der Waals surface area contributed by atoms with Crippen molar-refractivity contribution in [2.24, 2.45) is 5.73 Å². The fraction of sp³-hybridized carbons (Fsp3) is 0.571. The van der Waals surface area contributed by atoms with Crippen LogP contribution in [0.1, 0.15) is 37.2 Å². The van der Waals surface area contributed by atoms with Crippen molar-refractivity contribution in [1.82, 2.24) is 5.32 Å². The molecule has 94 valence electrons. The summed E-state index contributed by atoms with van der Waals surface area (Å²) in [4.78, 5) is 0. The van der Waals surface area contributed by atoms with Crippen molar-refractivity contribution in [3.63, 3.8) is 0 Å². The lowest BCUT2D eigenvalue weighted by Crippen LogP contribution is -2.33. The van der Waals surface area contributed by atoms with Crippen molar-refractivity contribution in [2.75, 3.05) is 13.1 Å². The number of hydrogen-bond acceptors (Lipinski definition) is 2. The van der Waals surface area contributed by atoms with Gasteiger partial charge in [0.15, 0.2) is 0 Å². The quantitative estimate of drug-likeness (QED) is 0.824. The molecular weight excluding hydrogens is 215 g/mol. The third kappa shape index (κ3) is 3.51. The Morgan fingerprint density at radius 3 is 2.76 bits per heavy atom. The molecule has 1 aromatic rings. The second-order valence-corrected chi connectivity index (χ2v) is 4.88. The highest BCUT2D eigenvalue weighted by Gasteiger charge is 2.17. The lowest BCUT2D eigenvalue weighted by Gasteiger charge is -2.19. The number of halogens is 1. The maximum absolute atomic E-state index is 13.1. The molecule has 0 aromatic heterocycles. The highest BCUT2D eigenvalue weighted by atomic mass is 19.1. The molecule has 0 spiro atoms. The average Bonchev–Trinajstić information content (AvgIpc) is 2.83. The van der Waals surface area contributed by atoms with E-state index in [1.165, 1.54) is 31.7 Å². The summed E-state index contributed by atoms with van der Waals surface area (Å²) in [6.45, 7) is 1.41. The zero-order valence-electron chi connectivity index (χ0n) is 10.2. The topological polar surface area (TPSA) is 38.0 Å². The summed E-state index contributed by atoms with van der Waals surface area (Å²) in [7, 11) is 0. The highest BCUT2D eigenvalue weighted by molar-refractivity contribution is 5.21. The van der Waals surface area contributed by atoms with Crippen LogP contribution in [0.3, 0.4) is 0 Å². The molecule has 3 heteroatoms. The Kier molecular flexibility index (Phi) is 4.51. The molecule has 1 fully saturated rings. The minimum atomic E-state index is -0.179. The Balaban J connectivity index is 1.91. The van der Waals surface area contributed by atoms with Gasteiger partial charge in [-0.3, -0.25) is 0 Å². The summed E-state index contributed by atoms with van der Waals surface area (Å²) in [5.74, 6) is 0.0353. The van der Waals surface area contributed by atoms with E-state index in [1.54, 1.807) is 12.1 Å². The molecule has 0 saturated heterocycles. The summed E-state index contributed by atoms with van der Waals surface area (Å²) < 4.78 is 13.1. The van der Waals surface area contributed by atoms with Crippen LogP contribution in [-0.4, -0.2) is 19.1 Å². The third-order valence-electron chi connectivity index (χ3n) is 3.61. The van der Waals surface area contributed by atoms with Crippen molar-refractivity contribution < 1.29 is 4.39 Å². The lowest BCUT2D eigenvalue weighted by molar-refractivity contribution is 0.488. The fourth-order valence-electron chi connectivity index (χ4n) is 2.54. The molecule has 1 aliphatic carbocycles. The second-order valence-electron chi connectivity index (χ2n) is 4.88. The van der Waals surface area contributed by atoms with Crippen LogP contribution in [0.5, 0.6) is 0 Å². The molecule has 3 N–H and O–H groups in total. The van der Waals surface area contributed by atoms with E-state index in [1.807, 2.05) is 6.07 Å². The Labute approximate surface area is 102 Å². The maximum atomic E-state index is 13.1. The van der Waals surface area contributed by atoms with Gasteiger partial charge >= 0.3 is 0 Å². The molecule has 0 radical (unpaired) electrons. The average molecular weight is 236 g/mol. The number of benzene rings is 1. The molecule has 1 saturated carbocycles. The van der Waals surface area contributed by atoms with Crippen molar-refractivity contribution in [3.05, 3.63) is 35.6 Å². The van der Waals surface area contributed by atoms with Crippen LogP contribution < -0.4 is 11.1 Å². The van der Waals surface area contributed by atoms with E-state index in [0.717, 1.165) is 12.1 Å². The standard InChI is InChI=1S/C14H21FN2/c15-13-5-3-4-11(8-13)12(9-16)10-17-14-6-1-2-7-14/h3-5,8,12,14,17H,1-2,6-7,9-10,16H2. The van der Waals surface area contributed by atoms with Crippen LogP contribution >= 0.6 is 0 Å². The molecule has 2 nitrogen and oxygen atoms in total. The molecule has 1 aromatic carbocycles. The van der Waals surface area contributed by atoms with Gasteiger partial charge in [-0.15, -0.1) is 0 Å². The zero-order valence-corrected chi connectivity index (χ0v) is 10.2. The Hall–Kier alpha value is -0.930. The molecule has 0 amide bonds. The van der Waals surface area contributed by atoms with Gasteiger partial charge in [0.25, 0.3) is 0 Å². The summed E-state index contributed by atoms with van der Waals surface area (Å²) in [6.07, 6.45) is 5.18. The molecule has 1 unspecified atom stereocenters. The number of rotatable bonds is 5. The molecule has 0 aliphatic heterocycles. The minimum absolute atomic E-state index is 0.179. The third-order valence-corrected chi connectivity index (χ3v) is 3.61. The monoisotopic (exact) mass is 236 g/mol. The maximum Gasteiger partial charge on any atom is 0.123 e. The Bertz CT molecular complexity index is 348. The first-order valence-electron chi connectivity index (χ1n) is 6.48. The number of nitrogens with two attached hydrogens (primary N) is 1. The van der Waals surface area contributed by atoms with Crippen molar-refractivity contribution in [2.45, 2.75) is 37.6 Å². The van der Waals surface area contributed by atoms with E-state index in [9.17, 15) is 4.39 Å². The predicted octanol–water partition coefficient (Wildman–Crippen LogP) is 2.40. The lowest BCUT2D eigenvalue weighted by atomic mass is 9.98. The molecule has 1 atom stereocenters. The van der Waals surface area contributed by atoms with E-state index in [4.69, 9.17) is 5.73 Å². The second kappa shape index (κ2) is 6.12. The Morgan fingerprint density at radius 2 is 2.12 bits per heavy atom. The largest absolute Gasteiger partial charge is 0.330 e. The van der Waals surface area contributed by atoms with Gasteiger partial charge in [-0.25, -0.2) is 4.39 Å². The van der Waals surface area contributed by atoms with Crippen LogP contribution in [0.15, 0.2) is 24.3 Å². The van der Waals surface area contributed by atoms with Crippen LogP contribution in [0, 0.1) is 5.82 Å². The van der Waals surface area contributed by atoms with E-state index < -0.39 is 0 Å². The van der Waals surface area contributed by atoms with Gasteiger partial charge in [-0.05, 0) is 30.5 Å². The molecule has 17 heavy (non-hydrogen) atoms. The molecular formula is C14H21FN2. The Morgan fingerprint density at radius 1 is 1.35 bits per heavy atom. The van der Waals surface area contributed by atoms with Crippen LogP contribution in [0.4, 0.5) is 4.39 Å². The van der Waals surface area contributed by atoms with Crippen LogP contribution in [0.25, 0.3) is 0 Å². The number of hydrogen-bond donors (Lipinski definition) is 2. The van der Waals surface area contributed by atoms with E-state index >= 15 is 0 Å². The first-order chi connectivity index (χ1) is 8.29. The van der Waals surface area contributed by atoms with Crippen molar-refractivity contribution >= 4 is 0 Å². The fourth-order valence-corrected chi connectivity index (χ4v) is 2.54. The summed E-state index contributed by atoms with van der Waals surface area (Å²) in [5, 5.41) is 3.55. The van der Waals surface area contributed by atoms with E-state index in [2.05, 4.69) is 5.32 Å². The van der Waals surface area contributed by atoms with Gasteiger partial charge in [0.1, 0.15) is 5.82 Å². The molecule has 0 heterocycles. The first-order valence-corrected chi connectivity index (χ1v) is 6.48. The highest BCUT2D eigenvalue weighted by Crippen LogP contribution is 2.20.